The van der Waals surface area contributed by atoms with Crippen molar-refractivity contribution in [2.75, 3.05) is 26.3 Å². The van der Waals surface area contributed by atoms with Crippen molar-refractivity contribution in [3.8, 4) is 11.5 Å². The van der Waals surface area contributed by atoms with E-state index in [1.165, 1.54) is 12.1 Å². The summed E-state index contributed by atoms with van der Waals surface area (Å²) in [4.78, 5) is 0. The van der Waals surface area contributed by atoms with Crippen LogP contribution in [0.3, 0.4) is 0 Å². The molecular weight excluding hydrogens is 359 g/mol. The molecule has 1 aliphatic heterocycles. The van der Waals surface area contributed by atoms with E-state index in [0.717, 1.165) is 18.7 Å². The maximum absolute atomic E-state index is 12.9. The molecule has 4 nitrogen and oxygen atoms in total. The average Bonchev–Trinajstić information content (AvgIpc) is 2.68. The number of ether oxygens (including phenoxy) is 3. The second-order valence-electron chi connectivity index (χ2n) is 6.15. The van der Waals surface area contributed by atoms with Crippen LogP contribution in [-0.4, -0.2) is 32.4 Å². The number of alkyl halides is 3. The maximum atomic E-state index is 12.9. The number of halogens is 3. The largest absolute Gasteiger partial charge is 0.490 e. The fraction of sp³-hybridized carbons (Fsp3) is 0.400. The third kappa shape index (κ3) is 4.93. The van der Waals surface area contributed by atoms with E-state index >= 15 is 0 Å². The molecule has 3 rings (SSSR count). The molecule has 1 aliphatic rings. The van der Waals surface area contributed by atoms with Crippen LogP contribution in [0.4, 0.5) is 13.2 Å². The summed E-state index contributed by atoms with van der Waals surface area (Å²) in [5.41, 5.74) is -0.0783. The second kappa shape index (κ2) is 8.63. The first-order valence-electron chi connectivity index (χ1n) is 8.87. The summed E-state index contributed by atoms with van der Waals surface area (Å²) in [5, 5.41) is 3.23. The number of morpholine rings is 1. The van der Waals surface area contributed by atoms with Crippen molar-refractivity contribution in [1.29, 1.82) is 0 Å². The molecule has 146 valence electrons. The van der Waals surface area contributed by atoms with Gasteiger partial charge in [0.25, 0.3) is 0 Å². The van der Waals surface area contributed by atoms with E-state index in [2.05, 4.69) is 5.32 Å². The molecule has 27 heavy (non-hydrogen) atoms. The maximum Gasteiger partial charge on any atom is 0.416 e. The minimum absolute atomic E-state index is 0.329. The van der Waals surface area contributed by atoms with E-state index in [0.29, 0.717) is 36.8 Å². The highest BCUT2D eigenvalue weighted by Crippen LogP contribution is 2.35. The Morgan fingerprint density at radius 3 is 2.41 bits per heavy atom. The average molecular weight is 381 g/mol. The molecule has 0 saturated carbocycles. The van der Waals surface area contributed by atoms with E-state index in [1.807, 2.05) is 19.1 Å². The zero-order valence-corrected chi connectivity index (χ0v) is 15.0. The van der Waals surface area contributed by atoms with Crippen molar-refractivity contribution in [2.24, 2.45) is 0 Å². The molecule has 7 heteroatoms. The highest BCUT2D eigenvalue weighted by molar-refractivity contribution is 5.40. The molecule has 0 spiro atoms. The van der Waals surface area contributed by atoms with Gasteiger partial charge in [-0.25, -0.2) is 0 Å². The van der Waals surface area contributed by atoms with E-state index in [-0.39, 0.29) is 6.10 Å². The van der Waals surface area contributed by atoms with Gasteiger partial charge in [-0.3, -0.25) is 0 Å². The van der Waals surface area contributed by atoms with Gasteiger partial charge in [0.05, 0.1) is 18.8 Å². The van der Waals surface area contributed by atoms with Crippen LogP contribution in [-0.2, 0) is 10.9 Å². The fourth-order valence-corrected chi connectivity index (χ4v) is 2.96. The molecule has 2 aromatic rings. The Labute approximate surface area is 156 Å². The van der Waals surface area contributed by atoms with Crippen LogP contribution in [0, 0.1) is 0 Å². The van der Waals surface area contributed by atoms with Gasteiger partial charge >= 0.3 is 6.18 Å². The van der Waals surface area contributed by atoms with Gasteiger partial charge in [-0.15, -0.1) is 0 Å². The molecule has 2 unspecified atom stereocenters. The first-order valence-corrected chi connectivity index (χ1v) is 8.87. The third-order valence-electron chi connectivity index (χ3n) is 4.26. The summed E-state index contributed by atoms with van der Waals surface area (Å²) in [5.74, 6) is 1.11. The summed E-state index contributed by atoms with van der Waals surface area (Å²) in [6, 6.07) is 12.2. The molecule has 1 N–H and O–H groups in total. The Morgan fingerprint density at radius 1 is 1.11 bits per heavy atom. The van der Waals surface area contributed by atoms with Crippen LogP contribution in [0.25, 0.3) is 0 Å². The molecule has 2 atom stereocenters. The third-order valence-corrected chi connectivity index (χ3v) is 4.26. The lowest BCUT2D eigenvalue weighted by Gasteiger charge is -2.32. The summed E-state index contributed by atoms with van der Waals surface area (Å²) in [6.45, 7) is 4.14. The summed E-state index contributed by atoms with van der Waals surface area (Å²) in [7, 11) is 0. The topological polar surface area (TPSA) is 39.7 Å². The molecular formula is C20H22F3NO3. The van der Waals surface area contributed by atoms with E-state index in [1.54, 1.807) is 12.1 Å². The summed E-state index contributed by atoms with van der Waals surface area (Å²) < 4.78 is 56.2. The van der Waals surface area contributed by atoms with Crippen LogP contribution in [0.1, 0.15) is 24.2 Å². The molecule has 2 aromatic carbocycles. The summed E-state index contributed by atoms with van der Waals surface area (Å²) >= 11 is 0. The standard InChI is InChI=1S/C20H22F3NO3/c1-2-25-16-5-3-4-6-17(16)27-19(18-13-24-11-12-26-18)14-7-9-15(10-8-14)20(21,22)23/h3-10,18-19,24H,2,11-13H2,1H3. The van der Waals surface area contributed by atoms with Crippen LogP contribution in [0.2, 0.25) is 0 Å². The van der Waals surface area contributed by atoms with Gasteiger partial charge in [-0.05, 0) is 36.8 Å². The Kier molecular flexibility index (Phi) is 6.23. The monoisotopic (exact) mass is 381 g/mol. The highest BCUT2D eigenvalue weighted by atomic mass is 19.4. The van der Waals surface area contributed by atoms with Gasteiger partial charge in [0.15, 0.2) is 17.6 Å². The quantitative estimate of drug-likeness (QED) is 0.814. The first kappa shape index (κ1) is 19.5. The Morgan fingerprint density at radius 2 is 1.81 bits per heavy atom. The zero-order chi connectivity index (χ0) is 19.3. The Bertz CT molecular complexity index is 728. The van der Waals surface area contributed by atoms with Crippen LogP contribution < -0.4 is 14.8 Å². The lowest BCUT2D eigenvalue weighted by atomic mass is 10.0. The van der Waals surface area contributed by atoms with Crippen molar-refractivity contribution in [2.45, 2.75) is 25.3 Å². The normalized spacial score (nSPS) is 18.7. The zero-order valence-electron chi connectivity index (χ0n) is 15.0. The predicted octanol–water partition coefficient (Wildman–Crippen LogP) is 4.21. The number of hydrogen-bond acceptors (Lipinski definition) is 4. The number of nitrogens with one attached hydrogen (secondary N) is 1. The Balaban J connectivity index is 1.90. The van der Waals surface area contributed by atoms with Crippen molar-refractivity contribution in [3.05, 3.63) is 59.7 Å². The number of benzene rings is 2. The van der Waals surface area contributed by atoms with Gasteiger partial charge < -0.3 is 19.5 Å². The van der Waals surface area contributed by atoms with Gasteiger partial charge in [0.1, 0.15) is 6.10 Å². The van der Waals surface area contributed by atoms with Gasteiger partial charge in [-0.2, -0.15) is 13.2 Å². The highest BCUT2D eigenvalue weighted by Gasteiger charge is 2.32. The number of hydrogen-bond donors (Lipinski definition) is 1. The molecule has 1 saturated heterocycles. The van der Waals surface area contributed by atoms with E-state index < -0.39 is 17.8 Å². The predicted molar refractivity (Wildman–Crippen MR) is 95.0 cm³/mol. The molecule has 0 aliphatic carbocycles. The fourth-order valence-electron chi connectivity index (χ4n) is 2.96. The lowest BCUT2D eigenvalue weighted by molar-refractivity contribution is -0.137. The number of para-hydroxylation sites is 2. The van der Waals surface area contributed by atoms with Crippen LogP contribution >= 0.6 is 0 Å². The van der Waals surface area contributed by atoms with E-state index in [9.17, 15) is 13.2 Å². The van der Waals surface area contributed by atoms with Crippen molar-refractivity contribution in [3.63, 3.8) is 0 Å². The second-order valence-corrected chi connectivity index (χ2v) is 6.15. The molecule has 0 amide bonds. The van der Waals surface area contributed by atoms with Crippen LogP contribution in [0.5, 0.6) is 11.5 Å². The van der Waals surface area contributed by atoms with Crippen molar-refractivity contribution >= 4 is 0 Å². The molecule has 0 radical (unpaired) electrons. The SMILES string of the molecule is CCOc1ccccc1OC(c1ccc(C(F)(F)F)cc1)C1CNCCO1. The Hall–Kier alpha value is -2.25. The van der Waals surface area contributed by atoms with Gasteiger partial charge in [-0.1, -0.05) is 24.3 Å². The van der Waals surface area contributed by atoms with Gasteiger partial charge in [0.2, 0.25) is 0 Å². The first-order chi connectivity index (χ1) is 13.0. The molecule has 0 aromatic heterocycles. The number of rotatable bonds is 6. The van der Waals surface area contributed by atoms with Crippen molar-refractivity contribution in [1.82, 2.24) is 5.32 Å². The van der Waals surface area contributed by atoms with Gasteiger partial charge in [0, 0.05) is 13.1 Å². The smallest absolute Gasteiger partial charge is 0.416 e. The minimum Gasteiger partial charge on any atom is -0.490 e. The molecule has 1 heterocycles. The molecule has 0 bridgehead atoms. The molecule has 1 fully saturated rings. The van der Waals surface area contributed by atoms with E-state index in [4.69, 9.17) is 14.2 Å². The minimum atomic E-state index is -4.38. The lowest BCUT2D eigenvalue weighted by Crippen LogP contribution is -2.43. The van der Waals surface area contributed by atoms with Crippen molar-refractivity contribution < 1.29 is 27.4 Å². The van der Waals surface area contributed by atoms with Crippen LogP contribution in [0.15, 0.2) is 48.5 Å². The summed E-state index contributed by atoms with van der Waals surface area (Å²) in [6.07, 6.45) is -5.27.